The molecule has 0 unspecified atom stereocenters. The number of sulfonamides is 1. The number of rotatable bonds is 7. The van der Waals surface area contributed by atoms with E-state index in [4.69, 9.17) is 0 Å². The zero-order valence-corrected chi connectivity index (χ0v) is 18.3. The second-order valence-corrected chi connectivity index (χ2v) is 9.50. The minimum Gasteiger partial charge on any atom is -0.508 e. The molecule has 0 spiro atoms. The van der Waals surface area contributed by atoms with Crippen LogP contribution in [-0.4, -0.2) is 54.6 Å². The summed E-state index contributed by atoms with van der Waals surface area (Å²) in [7, 11) is -3.57. The molecule has 8 heteroatoms. The van der Waals surface area contributed by atoms with Crippen molar-refractivity contribution in [3.63, 3.8) is 0 Å². The van der Waals surface area contributed by atoms with Gasteiger partial charge in [-0.2, -0.15) is 0 Å². The average Bonchev–Trinajstić information content (AvgIpc) is 3.27. The van der Waals surface area contributed by atoms with E-state index in [0.717, 1.165) is 30.8 Å². The van der Waals surface area contributed by atoms with Crippen molar-refractivity contribution in [1.29, 1.82) is 0 Å². The smallest absolute Gasteiger partial charge is 0.240 e. The van der Waals surface area contributed by atoms with Gasteiger partial charge in [0.05, 0.1) is 28.7 Å². The highest BCUT2D eigenvalue weighted by atomic mass is 32.2. The zero-order chi connectivity index (χ0) is 21.8. The lowest BCUT2D eigenvalue weighted by molar-refractivity contribution is 0.344. The van der Waals surface area contributed by atoms with Crippen LogP contribution in [0.3, 0.4) is 0 Å². The van der Waals surface area contributed by atoms with Crippen molar-refractivity contribution in [2.75, 3.05) is 26.2 Å². The van der Waals surface area contributed by atoms with Gasteiger partial charge in [-0.05, 0) is 74.8 Å². The van der Waals surface area contributed by atoms with Crippen LogP contribution in [0.15, 0.2) is 59.8 Å². The molecular weight excluding hydrogens is 412 g/mol. The fraction of sp³-hybridized carbons (Fsp3) is 0.304. The largest absolute Gasteiger partial charge is 0.508 e. The molecule has 0 atom stereocenters. The van der Waals surface area contributed by atoms with Crippen molar-refractivity contribution < 1.29 is 13.5 Å². The summed E-state index contributed by atoms with van der Waals surface area (Å²) in [6.45, 7) is 5.01. The third-order valence-electron chi connectivity index (χ3n) is 5.48. The van der Waals surface area contributed by atoms with Gasteiger partial charge in [0.2, 0.25) is 10.0 Å². The Morgan fingerprint density at radius 3 is 2.32 bits per heavy atom. The maximum absolute atomic E-state index is 12.8. The Morgan fingerprint density at radius 1 is 1.00 bits per heavy atom. The Kier molecular flexibility index (Phi) is 6.31. The molecule has 162 valence electrons. The van der Waals surface area contributed by atoms with E-state index in [-0.39, 0.29) is 10.6 Å². The normalized spacial score (nSPS) is 14.7. The van der Waals surface area contributed by atoms with Gasteiger partial charge in [0.15, 0.2) is 0 Å². The molecule has 0 radical (unpaired) electrons. The summed E-state index contributed by atoms with van der Waals surface area (Å²) < 4.78 is 28.2. The molecule has 3 aromatic rings. The molecule has 0 saturated carbocycles. The average molecular weight is 439 g/mol. The molecule has 1 fully saturated rings. The maximum Gasteiger partial charge on any atom is 0.240 e. The van der Waals surface area contributed by atoms with Crippen molar-refractivity contribution in [2.45, 2.75) is 24.7 Å². The fourth-order valence-electron chi connectivity index (χ4n) is 3.81. The SMILES string of the molecule is Cc1cc(-c2cncc(-c3ccc(O)cc3)n2)ccc1S(=O)(=O)NCCN1CCCC1. The molecule has 0 aliphatic carbocycles. The van der Waals surface area contributed by atoms with Gasteiger partial charge >= 0.3 is 0 Å². The quantitative estimate of drug-likeness (QED) is 0.588. The first-order valence-electron chi connectivity index (χ1n) is 10.4. The second kappa shape index (κ2) is 9.13. The lowest BCUT2D eigenvalue weighted by Crippen LogP contribution is -2.33. The molecule has 2 aromatic carbocycles. The molecule has 2 heterocycles. The van der Waals surface area contributed by atoms with E-state index in [2.05, 4.69) is 19.6 Å². The zero-order valence-electron chi connectivity index (χ0n) is 17.5. The van der Waals surface area contributed by atoms with Crippen LogP contribution >= 0.6 is 0 Å². The van der Waals surface area contributed by atoms with Crippen LogP contribution < -0.4 is 4.72 Å². The highest BCUT2D eigenvalue weighted by molar-refractivity contribution is 7.89. The number of phenols is 1. The highest BCUT2D eigenvalue weighted by Crippen LogP contribution is 2.26. The van der Waals surface area contributed by atoms with Gasteiger partial charge in [-0.3, -0.25) is 4.98 Å². The van der Waals surface area contributed by atoms with Crippen molar-refractivity contribution >= 4 is 10.0 Å². The van der Waals surface area contributed by atoms with Gasteiger partial charge in [0.25, 0.3) is 0 Å². The first-order valence-corrected chi connectivity index (χ1v) is 11.9. The second-order valence-electron chi connectivity index (χ2n) is 7.76. The molecule has 1 aromatic heterocycles. The summed E-state index contributed by atoms with van der Waals surface area (Å²) in [6.07, 6.45) is 5.68. The van der Waals surface area contributed by atoms with Crippen molar-refractivity contribution in [3.8, 4) is 28.3 Å². The summed E-state index contributed by atoms with van der Waals surface area (Å²) in [6, 6.07) is 12.0. The molecule has 0 bridgehead atoms. The fourth-order valence-corrected chi connectivity index (χ4v) is 5.05. The summed E-state index contributed by atoms with van der Waals surface area (Å²) in [5.74, 6) is 0.189. The van der Waals surface area contributed by atoms with E-state index in [1.54, 1.807) is 55.7 Å². The van der Waals surface area contributed by atoms with Crippen molar-refractivity contribution in [2.24, 2.45) is 0 Å². The van der Waals surface area contributed by atoms with Crippen LogP contribution in [-0.2, 0) is 10.0 Å². The third-order valence-corrected chi connectivity index (χ3v) is 7.10. The van der Waals surface area contributed by atoms with E-state index in [1.807, 2.05) is 6.07 Å². The summed E-state index contributed by atoms with van der Waals surface area (Å²) in [5.41, 5.74) is 3.62. The number of nitrogens with one attached hydrogen (secondary N) is 1. The molecule has 1 saturated heterocycles. The van der Waals surface area contributed by atoms with E-state index >= 15 is 0 Å². The first kappa shape index (κ1) is 21.4. The van der Waals surface area contributed by atoms with E-state index in [1.165, 1.54) is 12.8 Å². The van der Waals surface area contributed by atoms with E-state index in [0.29, 0.717) is 23.5 Å². The standard InChI is InChI=1S/C23H26N4O3S/c1-17-14-19(22-16-24-15-21(26-22)18-4-7-20(28)8-5-18)6-9-23(17)31(29,30)25-10-13-27-11-2-3-12-27/h4-9,14-16,25,28H,2-3,10-13H2,1H3. The predicted octanol–water partition coefficient (Wildman–Crippen LogP) is 3.20. The minimum absolute atomic E-state index is 0.189. The predicted molar refractivity (Wildman–Crippen MR) is 120 cm³/mol. The van der Waals surface area contributed by atoms with Crippen LogP contribution in [0.1, 0.15) is 18.4 Å². The number of aryl methyl sites for hydroxylation is 1. The lowest BCUT2D eigenvalue weighted by atomic mass is 10.1. The number of benzene rings is 2. The van der Waals surface area contributed by atoms with E-state index < -0.39 is 10.0 Å². The van der Waals surface area contributed by atoms with Crippen LogP contribution in [0, 0.1) is 6.92 Å². The number of likely N-dealkylation sites (tertiary alicyclic amines) is 1. The molecule has 7 nitrogen and oxygen atoms in total. The molecule has 1 aliphatic rings. The topological polar surface area (TPSA) is 95.4 Å². The monoisotopic (exact) mass is 438 g/mol. The lowest BCUT2D eigenvalue weighted by Gasteiger charge is -2.15. The van der Waals surface area contributed by atoms with Crippen LogP contribution in [0.5, 0.6) is 5.75 Å². The molecule has 0 amide bonds. The number of aromatic nitrogens is 2. The maximum atomic E-state index is 12.8. The summed E-state index contributed by atoms with van der Waals surface area (Å²) >= 11 is 0. The Hall–Kier alpha value is -2.81. The number of hydrogen-bond donors (Lipinski definition) is 2. The van der Waals surface area contributed by atoms with Gasteiger partial charge in [-0.1, -0.05) is 6.07 Å². The van der Waals surface area contributed by atoms with Gasteiger partial charge in [0, 0.05) is 24.2 Å². The molecule has 2 N–H and O–H groups in total. The Bertz CT molecular complexity index is 1160. The third kappa shape index (κ3) is 5.10. The Morgan fingerprint density at radius 2 is 1.65 bits per heavy atom. The van der Waals surface area contributed by atoms with Gasteiger partial charge < -0.3 is 10.0 Å². The first-order chi connectivity index (χ1) is 14.9. The molecule has 31 heavy (non-hydrogen) atoms. The molecule has 4 rings (SSSR count). The van der Waals surface area contributed by atoms with E-state index in [9.17, 15) is 13.5 Å². The number of nitrogens with zero attached hydrogens (tertiary/aromatic N) is 3. The van der Waals surface area contributed by atoms with Crippen molar-refractivity contribution in [1.82, 2.24) is 19.6 Å². The molecule has 1 aliphatic heterocycles. The van der Waals surface area contributed by atoms with Crippen LogP contribution in [0.2, 0.25) is 0 Å². The van der Waals surface area contributed by atoms with Crippen LogP contribution in [0.4, 0.5) is 0 Å². The van der Waals surface area contributed by atoms with Crippen LogP contribution in [0.25, 0.3) is 22.5 Å². The number of aromatic hydroxyl groups is 1. The number of hydrogen-bond acceptors (Lipinski definition) is 6. The Balaban J connectivity index is 1.51. The highest BCUT2D eigenvalue weighted by Gasteiger charge is 2.18. The minimum atomic E-state index is -3.57. The van der Waals surface area contributed by atoms with Gasteiger partial charge in [-0.25, -0.2) is 18.1 Å². The van der Waals surface area contributed by atoms with Gasteiger partial charge in [-0.15, -0.1) is 0 Å². The summed E-state index contributed by atoms with van der Waals surface area (Å²) in [4.78, 5) is 11.5. The number of phenolic OH excluding ortho intramolecular Hbond substituents is 1. The van der Waals surface area contributed by atoms with Crippen molar-refractivity contribution in [3.05, 3.63) is 60.4 Å². The van der Waals surface area contributed by atoms with Gasteiger partial charge in [0.1, 0.15) is 5.75 Å². The summed E-state index contributed by atoms with van der Waals surface area (Å²) in [5, 5.41) is 9.47. The Labute approximate surface area is 182 Å². The molecular formula is C23H26N4O3S.